The fourth-order valence-corrected chi connectivity index (χ4v) is 3.39. The standard InChI is InChI=1S/C15H21N5S/c1-10-8-17-15(21-10)20-14-7-13(18-11(2)19-14)6-12-4-3-5-16-9-12/h7-8,12,16H,3-6,9H2,1-2H3,(H,17,18,19,20)/t12-/m1/s1. The van der Waals surface area contributed by atoms with E-state index in [0.29, 0.717) is 5.92 Å². The van der Waals surface area contributed by atoms with E-state index < -0.39 is 0 Å². The highest BCUT2D eigenvalue weighted by molar-refractivity contribution is 7.15. The van der Waals surface area contributed by atoms with Gasteiger partial charge in [-0.15, -0.1) is 11.3 Å². The van der Waals surface area contributed by atoms with Gasteiger partial charge in [0.1, 0.15) is 11.6 Å². The van der Waals surface area contributed by atoms with E-state index in [9.17, 15) is 0 Å². The summed E-state index contributed by atoms with van der Waals surface area (Å²) in [5, 5.41) is 7.63. The molecule has 0 amide bonds. The number of nitrogens with one attached hydrogen (secondary N) is 2. The highest BCUT2D eigenvalue weighted by atomic mass is 32.1. The molecule has 2 aromatic heterocycles. The van der Waals surface area contributed by atoms with Crippen molar-refractivity contribution in [1.29, 1.82) is 0 Å². The van der Waals surface area contributed by atoms with Crippen LogP contribution in [0, 0.1) is 19.8 Å². The average Bonchev–Trinajstić information content (AvgIpc) is 2.84. The summed E-state index contributed by atoms with van der Waals surface area (Å²) in [7, 11) is 0. The van der Waals surface area contributed by atoms with Gasteiger partial charge < -0.3 is 10.6 Å². The Morgan fingerprint density at radius 3 is 3.00 bits per heavy atom. The maximum Gasteiger partial charge on any atom is 0.188 e. The van der Waals surface area contributed by atoms with Gasteiger partial charge in [0.2, 0.25) is 0 Å². The SMILES string of the molecule is Cc1nc(C[C@H]2CCCNC2)cc(Nc2ncc(C)s2)n1. The number of thiazole rings is 1. The molecular weight excluding hydrogens is 282 g/mol. The predicted molar refractivity (Wildman–Crippen MR) is 86.2 cm³/mol. The first-order valence-corrected chi connectivity index (χ1v) is 8.25. The van der Waals surface area contributed by atoms with Gasteiger partial charge >= 0.3 is 0 Å². The van der Waals surface area contributed by atoms with Gasteiger partial charge in [-0.3, -0.25) is 0 Å². The smallest absolute Gasteiger partial charge is 0.188 e. The maximum absolute atomic E-state index is 4.58. The molecule has 5 nitrogen and oxygen atoms in total. The van der Waals surface area contributed by atoms with Gasteiger partial charge in [-0.25, -0.2) is 15.0 Å². The summed E-state index contributed by atoms with van der Waals surface area (Å²) in [5.41, 5.74) is 1.12. The number of anilines is 2. The first-order valence-electron chi connectivity index (χ1n) is 7.44. The minimum absolute atomic E-state index is 0.683. The van der Waals surface area contributed by atoms with E-state index in [4.69, 9.17) is 0 Å². The van der Waals surface area contributed by atoms with Gasteiger partial charge in [0, 0.05) is 22.8 Å². The molecule has 0 spiro atoms. The quantitative estimate of drug-likeness (QED) is 0.909. The van der Waals surface area contributed by atoms with E-state index in [2.05, 4.69) is 38.6 Å². The minimum atomic E-state index is 0.683. The highest BCUT2D eigenvalue weighted by Gasteiger charge is 2.15. The van der Waals surface area contributed by atoms with Crippen molar-refractivity contribution < 1.29 is 0 Å². The molecule has 0 radical (unpaired) electrons. The van der Waals surface area contributed by atoms with Gasteiger partial charge in [0.05, 0.1) is 0 Å². The van der Waals surface area contributed by atoms with E-state index in [1.807, 2.05) is 13.1 Å². The zero-order valence-electron chi connectivity index (χ0n) is 12.5. The Kier molecular flexibility index (Phi) is 4.45. The van der Waals surface area contributed by atoms with Gasteiger partial charge in [0.25, 0.3) is 0 Å². The number of aryl methyl sites for hydroxylation is 2. The Morgan fingerprint density at radius 1 is 1.38 bits per heavy atom. The topological polar surface area (TPSA) is 62.7 Å². The molecule has 0 aromatic carbocycles. The third kappa shape index (κ3) is 3.98. The lowest BCUT2D eigenvalue weighted by molar-refractivity contribution is 0.373. The lowest BCUT2D eigenvalue weighted by Crippen LogP contribution is -2.31. The zero-order chi connectivity index (χ0) is 14.7. The van der Waals surface area contributed by atoms with Crippen molar-refractivity contribution in [2.45, 2.75) is 33.1 Å². The molecule has 1 aliphatic heterocycles. The van der Waals surface area contributed by atoms with Crippen molar-refractivity contribution in [2.24, 2.45) is 5.92 Å². The van der Waals surface area contributed by atoms with Crippen LogP contribution in [0.15, 0.2) is 12.3 Å². The normalized spacial score (nSPS) is 18.7. The largest absolute Gasteiger partial charge is 0.316 e. The van der Waals surface area contributed by atoms with Gasteiger partial charge in [0.15, 0.2) is 5.13 Å². The summed E-state index contributed by atoms with van der Waals surface area (Å²) in [5.74, 6) is 2.34. The molecule has 1 aliphatic rings. The molecular formula is C15H21N5S. The molecule has 21 heavy (non-hydrogen) atoms. The monoisotopic (exact) mass is 303 g/mol. The molecule has 112 valence electrons. The van der Waals surface area contributed by atoms with Crippen LogP contribution in [0.2, 0.25) is 0 Å². The number of rotatable bonds is 4. The number of aromatic nitrogens is 3. The molecule has 3 heterocycles. The van der Waals surface area contributed by atoms with Crippen LogP contribution in [-0.2, 0) is 6.42 Å². The summed E-state index contributed by atoms with van der Waals surface area (Å²) in [6.07, 6.45) is 5.43. The molecule has 6 heteroatoms. The minimum Gasteiger partial charge on any atom is -0.316 e. The maximum atomic E-state index is 4.58. The number of piperidine rings is 1. The van der Waals surface area contributed by atoms with E-state index in [1.165, 1.54) is 17.7 Å². The van der Waals surface area contributed by atoms with Crippen LogP contribution in [0.1, 0.15) is 29.2 Å². The summed E-state index contributed by atoms with van der Waals surface area (Å²) in [6, 6.07) is 2.05. The van der Waals surface area contributed by atoms with E-state index in [1.54, 1.807) is 11.3 Å². The fourth-order valence-electron chi connectivity index (χ4n) is 2.71. The Morgan fingerprint density at radius 2 is 2.29 bits per heavy atom. The molecule has 2 aromatic rings. The van der Waals surface area contributed by atoms with Crippen molar-refractivity contribution >= 4 is 22.3 Å². The molecule has 0 aliphatic carbocycles. The van der Waals surface area contributed by atoms with Crippen LogP contribution >= 0.6 is 11.3 Å². The number of hydrogen-bond donors (Lipinski definition) is 2. The Labute approximate surface area is 129 Å². The van der Waals surface area contributed by atoms with Crippen molar-refractivity contribution in [3.8, 4) is 0 Å². The molecule has 2 N–H and O–H groups in total. The second-order valence-corrected chi connectivity index (χ2v) is 6.84. The molecule has 0 bridgehead atoms. The van der Waals surface area contributed by atoms with Crippen LogP contribution in [0.25, 0.3) is 0 Å². The van der Waals surface area contributed by atoms with Gasteiger partial charge in [-0.05, 0) is 52.1 Å². The number of nitrogens with zero attached hydrogens (tertiary/aromatic N) is 3. The first-order chi connectivity index (χ1) is 10.2. The molecule has 1 saturated heterocycles. The van der Waals surface area contributed by atoms with Gasteiger partial charge in [-0.2, -0.15) is 0 Å². The summed E-state index contributed by atoms with van der Waals surface area (Å²) in [6.45, 7) is 6.24. The van der Waals surface area contributed by atoms with Crippen molar-refractivity contribution in [2.75, 3.05) is 18.4 Å². The molecule has 1 fully saturated rings. The van der Waals surface area contributed by atoms with Crippen LogP contribution in [-0.4, -0.2) is 28.0 Å². The lowest BCUT2D eigenvalue weighted by atomic mass is 9.94. The lowest BCUT2D eigenvalue weighted by Gasteiger charge is -2.22. The van der Waals surface area contributed by atoms with Gasteiger partial charge in [-0.1, -0.05) is 0 Å². The van der Waals surface area contributed by atoms with E-state index >= 15 is 0 Å². The average molecular weight is 303 g/mol. The molecule has 0 saturated carbocycles. The molecule has 0 unspecified atom stereocenters. The Bertz CT molecular complexity index is 604. The second-order valence-electron chi connectivity index (χ2n) is 5.61. The summed E-state index contributed by atoms with van der Waals surface area (Å²) < 4.78 is 0. The highest BCUT2D eigenvalue weighted by Crippen LogP contribution is 2.22. The van der Waals surface area contributed by atoms with Crippen molar-refractivity contribution in [3.05, 3.63) is 28.7 Å². The third-order valence-corrected chi connectivity index (χ3v) is 4.47. The second kappa shape index (κ2) is 6.49. The third-order valence-electron chi connectivity index (χ3n) is 3.64. The van der Waals surface area contributed by atoms with Crippen LogP contribution < -0.4 is 10.6 Å². The summed E-state index contributed by atoms with van der Waals surface area (Å²) >= 11 is 1.64. The Balaban J connectivity index is 1.72. The zero-order valence-corrected chi connectivity index (χ0v) is 13.3. The molecule has 3 rings (SSSR count). The van der Waals surface area contributed by atoms with Crippen molar-refractivity contribution in [1.82, 2.24) is 20.3 Å². The van der Waals surface area contributed by atoms with E-state index in [-0.39, 0.29) is 0 Å². The van der Waals surface area contributed by atoms with Crippen LogP contribution in [0.4, 0.5) is 10.9 Å². The summed E-state index contributed by atoms with van der Waals surface area (Å²) in [4.78, 5) is 14.6. The number of hydrogen-bond acceptors (Lipinski definition) is 6. The Hall–Kier alpha value is -1.53. The van der Waals surface area contributed by atoms with Crippen molar-refractivity contribution in [3.63, 3.8) is 0 Å². The fraction of sp³-hybridized carbons (Fsp3) is 0.533. The van der Waals surface area contributed by atoms with E-state index in [0.717, 1.165) is 42.0 Å². The van der Waals surface area contributed by atoms with Crippen LogP contribution in [0.3, 0.4) is 0 Å². The first kappa shape index (κ1) is 14.4. The van der Waals surface area contributed by atoms with Crippen LogP contribution in [0.5, 0.6) is 0 Å². The predicted octanol–water partition coefficient (Wildman–Crippen LogP) is 2.84. The molecule has 1 atom stereocenters.